The van der Waals surface area contributed by atoms with Gasteiger partial charge in [0.2, 0.25) is 0 Å². The Morgan fingerprint density at radius 3 is 3.00 bits per heavy atom. The van der Waals surface area contributed by atoms with Crippen molar-refractivity contribution in [2.75, 3.05) is 6.61 Å². The van der Waals surface area contributed by atoms with Gasteiger partial charge in [-0.3, -0.25) is 0 Å². The zero-order chi connectivity index (χ0) is 7.11. The minimum absolute atomic E-state index is 0.0596. The topological polar surface area (TPSA) is 43.4 Å². The summed E-state index contributed by atoms with van der Waals surface area (Å²) in [5, 5.41) is 0. The Morgan fingerprint density at radius 2 is 2.56 bits per heavy atom. The minimum atomic E-state index is -0.536. The van der Waals surface area contributed by atoms with Gasteiger partial charge in [-0.25, -0.2) is 0 Å². The molecule has 0 aliphatic carbocycles. The van der Waals surface area contributed by atoms with Crippen LogP contribution in [0.5, 0.6) is 0 Å². The molecule has 0 aromatic rings. The summed E-state index contributed by atoms with van der Waals surface area (Å²) in [4.78, 5) is 10.2. The maximum atomic E-state index is 10.2. The summed E-state index contributed by atoms with van der Waals surface area (Å²) >= 11 is 0. The van der Waals surface area contributed by atoms with E-state index in [9.17, 15) is 9.36 Å². The van der Waals surface area contributed by atoms with E-state index in [4.69, 9.17) is 0 Å². The number of hydrogen-bond donors (Lipinski definition) is 0. The van der Waals surface area contributed by atoms with E-state index >= 15 is 0 Å². The molecule has 0 aromatic heterocycles. The molecule has 0 heterocycles. The summed E-state index contributed by atoms with van der Waals surface area (Å²) in [5.74, 6) is -0.536. The molecule has 0 N–H and O–H groups in total. The van der Waals surface area contributed by atoms with Crippen LogP contribution in [-0.4, -0.2) is 12.6 Å². The van der Waals surface area contributed by atoms with Crippen LogP contribution in [0.3, 0.4) is 0 Å². The average molecular weight is 144 g/mol. The molecule has 0 aliphatic rings. The molecule has 0 atom stereocenters. The van der Waals surface area contributed by atoms with Crippen LogP contribution in [0.2, 0.25) is 0 Å². The van der Waals surface area contributed by atoms with Gasteiger partial charge in [0.05, 0.1) is 0 Å². The van der Waals surface area contributed by atoms with E-state index in [0.29, 0.717) is 0 Å². The molecule has 9 heavy (non-hydrogen) atoms. The average Bonchev–Trinajstić information content (AvgIpc) is 1.89. The summed E-state index contributed by atoms with van der Waals surface area (Å²) < 4.78 is 14.0. The van der Waals surface area contributed by atoms with Gasteiger partial charge in [-0.1, -0.05) is 0 Å². The first-order valence-electron chi connectivity index (χ1n) is 2.15. The molecule has 0 saturated heterocycles. The number of carbonyl (C=O) groups is 1. The van der Waals surface area contributed by atoms with Crippen molar-refractivity contribution >= 4 is 13.9 Å². The fourth-order valence-electron chi connectivity index (χ4n) is 0.189. The summed E-state index contributed by atoms with van der Waals surface area (Å²) in [7, 11) is -0.255. The van der Waals surface area contributed by atoms with Gasteiger partial charge in [0.1, 0.15) is 0 Å². The molecular weight excluding hydrogens is 139 g/mol. The molecule has 0 fully saturated rings. The second-order valence-electron chi connectivity index (χ2n) is 1.06. The number of carbonyl (C=O) groups excluding carboxylic acids is 1. The third kappa shape index (κ3) is 5.09. The van der Waals surface area contributed by atoms with Crippen molar-refractivity contribution in [3.63, 3.8) is 0 Å². The zero-order valence-electron chi connectivity index (χ0n) is 4.66. The Kier molecular flexibility index (Phi) is 4.89. The molecule has 0 aliphatic heterocycles. The third-order valence-corrected chi connectivity index (χ3v) is 0.768. The van der Waals surface area contributed by atoms with Crippen molar-refractivity contribution in [1.29, 1.82) is 0 Å². The molecule has 0 amide bonds. The maximum absolute atomic E-state index is 10.2. The van der Waals surface area contributed by atoms with E-state index in [1.165, 1.54) is 0 Å². The number of rotatable bonds is 2. The van der Waals surface area contributed by atoms with E-state index in [1.807, 2.05) is 0 Å². The van der Waals surface area contributed by atoms with Gasteiger partial charge in [-0.15, -0.1) is 0 Å². The Bertz CT molecular complexity index is 201. The van der Waals surface area contributed by atoms with Crippen LogP contribution < -0.4 is 0 Å². The van der Waals surface area contributed by atoms with Crippen molar-refractivity contribution in [3.05, 3.63) is 12.7 Å². The molecule has 0 saturated carbocycles. The summed E-state index contributed by atoms with van der Waals surface area (Å²) in [6, 6.07) is 0. The van der Waals surface area contributed by atoms with Gasteiger partial charge in [0, 0.05) is 0 Å². The van der Waals surface area contributed by atoms with E-state index in [2.05, 4.69) is 16.9 Å². The van der Waals surface area contributed by atoms with E-state index in [1.54, 1.807) is 0 Å². The predicted octanol–water partition coefficient (Wildman–Crippen LogP) is 0.966. The first-order valence-corrected chi connectivity index (χ1v) is 2.97. The van der Waals surface area contributed by atoms with Crippen molar-refractivity contribution in [2.45, 2.75) is 0 Å². The fraction of sp³-hybridized carbons (Fsp3) is 0.200. The Labute approximate surface area is 53.8 Å². The van der Waals surface area contributed by atoms with Gasteiger partial charge in [0.25, 0.3) is 0 Å². The Morgan fingerprint density at radius 1 is 1.89 bits per heavy atom. The first-order chi connectivity index (χ1) is 4.31. The number of esters is 1. The second-order valence-corrected chi connectivity index (χ2v) is 1.56. The normalized spacial score (nSPS) is 7.11. The molecule has 0 unspecified atom stereocenters. The summed E-state index contributed by atoms with van der Waals surface area (Å²) in [6.07, 6.45) is 1.03. The van der Waals surface area contributed by atoms with Crippen LogP contribution in [-0.2, 0) is 14.1 Å². The molecule has 0 spiro atoms. The molecule has 48 valence electrons. The Hall–Kier alpha value is -0.780. The van der Waals surface area contributed by atoms with Crippen molar-refractivity contribution in [1.82, 2.24) is 0 Å². The van der Waals surface area contributed by atoms with Gasteiger partial charge in [-0.05, 0) is 0 Å². The number of hydrogen-bond acceptors (Lipinski definition) is 3. The molecule has 4 heteroatoms. The van der Waals surface area contributed by atoms with Gasteiger partial charge in [-0.2, -0.15) is 0 Å². The third-order valence-electron chi connectivity index (χ3n) is 0.510. The molecular formula is C5H5O3P. The monoisotopic (exact) mass is 144 g/mol. The molecule has 0 aromatic carbocycles. The van der Waals surface area contributed by atoms with E-state index in [0.717, 1.165) is 6.08 Å². The van der Waals surface area contributed by atoms with Crippen LogP contribution in [0.25, 0.3) is 0 Å². The first kappa shape index (κ1) is 8.22. The number of ether oxygens (including phenoxy) is 1. The SMILES string of the molecule is C=CC(=O)OCC#P=O. The van der Waals surface area contributed by atoms with Gasteiger partial charge in [0.15, 0.2) is 0 Å². The summed E-state index contributed by atoms with van der Waals surface area (Å²) in [6.45, 7) is 3.10. The molecule has 0 bridgehead atoms. The van der Waals surface area contributed by atoms with Crippen LogP contribution >= 0.6 is 7.92 Å². The van der Waals surface area contributed by atoms with Crippen molar-refractivity contribution in [2.24, 2.45) is 0 Å². The van der Waals surface area contributed by atoms with Gasteiger partial charge < -0.3 is 0 Å². The second kappa shape index (κ2) is 5.36. The Balaban J connectivity index is 3.46. The van der Waals surface area contributed by atoms with Crippen molar-refractivity contribution < 1.29 is 14.1 Å². The van der Waals surface area contributed by atoms with Crippen molar-refractivity contribution in [3.8, 4) is 5.63 Å². The van der Waals surface area contributed by atoms with Crippen LogP contribution in [0.15, 0.2) is 12.7 Å². The fourth-order valence-corrected chi connectivity index (χ4v) is 0.306. The zero-order valence-corrected chi connectivity index (χ0v) is 5.56. The molecule has 0 rings (SSSR count). The standard InChI is InChI=1S/C5H5O3P/c1-2-5(6)8-3-4-9-7/h2H,1,3H2. The van der Waals surface area contributed by atoms with E-state index in [-0.39, 0.29) is 14.5 Å². The quantitative estimate of drug-likeness (QED) is 0.329. The van der Waals surface area contributed by atoms with Crippen LogP contribution in [0.1, 0.15) is 0 Å². The predicted molar refractivity (Wildman–Crippen MR) is 32.7 cm³/mol. The van der Waals surface area contributed by atoms with Crippen LogP contribution in [0.4, 0.5) is 0 Å². The van der Waals surface area contributed by atoms with E-state index < -0.39 is 5.97 Å². The molecule has 3 nitrogen and oxygen atoms in total. The molecule has 0 radical (unpaired) electrons. The van der Waals surface area contributed by atoms with Crippen LogP contribution in [0, 0.1) is 5.63 Å². The van der Waals surface area contributed by atoms with Gasteiger partial charge >= 0.3 is 52.9 Å². The summed E-state index contributed by atoms with van der Waals surface area (Å²) in [5.41, 5.74) is 2.24.